The Morgan fingerprint density at radius 1 is 1.47 bits per heavy atom. The number of carbonyl (C=O) groups excluding carboxylic acids is 1. The first-order valence-corrected chi connectivity index (χ1v) is 6.57. The smallest absolute Gasteiger partial charge is 0.270 e. The molecule has 0 atom stereocenters. The summed E-state index contributed by atoms with van der Waals surface area (Å²) < 4.78 is 5.30. The Kier molecular flexibility index (Phi) is 4.11. The molecule has 0 saturated carbocycles. The van der Waals surface area contributed by atoms with E-state index in [2.05, 4.69) is 10.3 Å². The van der Waals surface area contributed by atoms with Crippen molar-refractivity contribution in [2.24, 2.45) is 5.73 Å². The minimum absolute atomic E-state index is 0.182. The summed E-state index contributed by atoms with van der Waals surface area (Å²) in [4.78, 5) is 16.5. The number of amides is 1. The first kappa shape index (κ1) is 13.9. The number of nitrogens with zero attached hydrogens (tertiary/aromatic N) is 1. The van der Waals surface area contributed by atoms with Gasteiger partial charge in [0.2, 0.25) is 0 Å². The molecular formula is C13H17N3O2S. The van der Waals surface area contributed by atoms with Crippen LogP contribution in [-0.2, 0) is 4.74 Å². The molecule has 1 fully saturated rings. The normalized spacial score (nSPS) is 17.7. The molecule has 0 aliphatic carbocycles. The molecule has 19 heavy (non-hydrogen) atoms. The lowest BCUT2D eigenvalue weighted by Crippen LogP contribution is -2.49. The zero-order valence-corrected chi connectivity index (χ0v) is 11.6. The van der Waals surface area contributed by atoms with Crippen LogP contribution in [0.2, 0.25) is 0 Å². The Labute approximate surface area is 117 Å². The third-order valence-electron chi connectivity index (χ3n) is 3.29. The largest absolute Gasteiger partial charge is 0.389 e. The van der Waals surface area contributed by atoms with E-state index in [1.54, 1.807) is 12.1 Å². The molecule has 0 bridgehead atoms. The number of nitrogens with one attached hydrogen (secondary N) is 1. The molecule has 2 rings (SSSR count). The number of ether oxygens (including phenoxy) is 1. The van der Waals surface area contributed by atoms with Crippen LogP contribution in [0.25, 0.3) is 0 Å². The van der Waals surface area contributed by atoms with Gasteiger partial charge in [0, 0.05) is 30.5 Å². The molecule has 1 aromatic rings. The number of thiocarbonyl (C=S) groups is 1. The summed E-state index contributed by atoms with van der Waals surface area (Å²) in [6, 6.07) is 3.34. The topological polar surface area (TPSA) is 77.2 Å². The molecule has 1 aliphatic rings. The Balaban J connectivity index is 2.05. The van der Waals surface area contributed by atoms with Crippen molar-refractivity contribution in [2.45, 2.75) is 25.3 Å². The maximum atomic E-state index is 12.1. The van der Waals surface area contributed by atoms with Crippen molar-refractivity contribution >= 4 is 23.1 Å². The zero-order chi connectivity index (χ0) is 13.9. The number of pyridine rings is 1. The van der Waals surface area contributed by atoms with E-state index in [1.807, 2.05) is 6.92 Å². The summed E-state index contributed by atoms with van der Waals surface area (Å²) in [5.41, 5.74) is 6.29. The van der Waals surface area contributed by atoms with Crippen molar-refractivity contribution in [3.05, 3.63) is 29.6 Å². The number of rotatable bonds is 3. The van der Waals surface area contributed by atoms with Gasteiger partial charge in [-0.05, 0) is 31.9 Å². The minimum atomic E-state index is -0.223. The van der Waals surface area contributed by atoms with E-state index in [4.69, 9.17) is 22.7 Å². The number of hydrogen-bond acceptors (Lipinski definition) is 4. The van der Waals surface area contributed by atoms with E-state index >= 15 is 0 Å². The average molecular weight is 279 g/mol. The Hall–Kier alpha value is -1.53. The van der Waals surface area contributed by atoms with Gasteiger partial charge in [0.05, 0.1) is 0 Å². The van der Waals surface area contributed by atoms with Gasteiger partial charge in [0.15, 0.2) is 0 Å². The lowest BCUT2D eigenvalue weighted by molar-refractivity contribution is 0.0421. The maximum absolute atomic E-state index is 12.1. The van der Waals surface area contributed by atoms with E-state index in [1.165, 1.54) is 6.20 Å². The van der Waals surface area contributed by atoms with Crippen LogP contribution < -0.4 is 11.1 Å². The molecule has 5 nitrogen and oxygen atoms in total. The van der Waals surface area contributed by atoms with Crippen molar-refractivity contribution in [3.63, 3.8) is 0 Å². The summed E-state index contributed by atoms with van der Waals surface area (Å²) in [5, 5.41) is 3.01. The summed E-state index contributed by atoms with van der Waals surface area (Å²) in [5.74, 6) is -0.182. The fourth-order valence-corrected chi connectivity index (χ4v) is 2.08. The van der Waals surface area contributed by atoms with Crippen LogP contribution in [0.5, 0.6) is 0 Å². The van der Waals surface area contributed by atoms with Crippen molar-refractivity contribution < 1.29 is 9.53 Å². The number of carbonyl (C=O) groups is 1. The quantitative estimate of drug-likeness (QED) is 0.808. The minimum Gasteiger partial charge on any atom is -0.389 e. The average Bonchev–Trinajstić information content (AvgIpc) is 2.39. The van der Waals surface area contributed by atoms with Crippen LogP contribution in [0.15, 0.2) is 18.3 Å². The first-order valence-electron chi connectivity index (χ1n) is 6.16. The van der Waals surface area contributed by atoms with E-state index in [0.717, 1.165) is 12.8 Å². The molecule has 6 heteroatoms. The van der Waals surface area contributed by atoms with Gasteiger partial charge in [-0.25, -0.2) is 0 Å². The molecule has 0 spiro atoms. The summed E-state index contributed by atoms with van der Waals surface area (Å²) >= 11 is 4.84. The number of aromatic nitrogens is 1. The summed E-state index contributed by atoms with van der Waals surface area (Å²) in [6.45, 7) is 3.37. The second kappa shape index (κ2) is 5.63. The van der Waals surface area contributed by atoms with Crippen molar-refractivity contribution in [3.8, 4) is 0 Å². The van der Waals surface area contributed by atoms with Gasteiger partial charge in [0.25, 0.3) is 5.91 Å². The maximum Gasteiger partial charge on any atom is 0.270 e. The monoisotopic (exact) mass is 279 g/mol. The van der Waals surface area contributed by atoms with Gasteiger partial charge in [-0.1, -0.05) is 12.2 Å². The highest BCUT2D eigenvalue weighted by Gasteiger charge is 2.29. The Bertz CT molecular complexity index is 481. The first-order chi connectivity index (χ1) is 9.00. The molecule has 102 valence electrons. The molecule has 1 aliphatic heterocycles. The lowest BCUT2D eigenvalue weighted by atomic mass is 9.92. The predicted molar refractivity (Wildman–Crippen MR) is 76.0 cm³/mol. The third-order valence-corrected chi connectivity index (χ3v) is 3.53. The highest BCUT2D eigenvalue weighted by molar-refractivity contribution is 7.80. The van der Waals surface area contributed by atoms with Crippen molar-refractivity contribution in [1.82, 2.24) is 10.3 Å². The van der Waals surface area contributed by atoms with Crippen LogP contribution in [0.4, 0.5) is 0 Å². The summed E-state index contributed by atoms with van der Waals surface area (Å²) in [6.07, 6.45) is 3.14. The highest BCUT2D eigenvalue weighted by atomic mass is 32.1. The van der Waals surface area contributed by atoms with Crippen LogP contribution >= 0.6 is 12.2 Å². The van der Waals surface area contributed by atoms with Gasteiger partial charge in [-0.3, -0.25) is 9.78 Å². The second-order valence-corrected chi connectivity index (χ2v) is 5.36. The SMILES string of the molecule is CC1(NC(=O)c2ccc(C(N)=S)cn2)CCOCC1. The molecule has 3 N–H and O–H groups in total. The molecule has 0 aromatic carbocycles. The van der Waals surface area contributed by atoms with E-state index < -0.39 is 0 Å². The standard InChI is InChI=1S/C13H17N3O2S/c1-13(4-6-18-7-5-13)16-12(17)10-3-2-9(8-15-10)11(14)19/h2-3,8H,4-7H2,1H3,(H2,14,19)(H,16,17). The lowest BCUT2D eigenvalue weighted by Gasteiger charge is -2.34. The van der Waals surface area contributed by atoms with E-state index in [-0.39, 0.29) is 16.4 Å². The molecule has 1 aromatic heterocycles. The van der Waals surface area contributed by atoms with Crippen LogP contribution in [0.1, 0.15) is 35.8 Å². The zero-order valence-electron chi connectivity index (χ0n) is 10.8. The van der Waals surface area contributed by atoms with Crippen molar-refractivity contribution in [2.75, 3.05) is 13.2 Å². The molecule has 1 saturated heterocycles. The van der Waals surface area contributed by atoms with Gasteiger partial charge in [0.1, 0.15) is 10.7 Å². The second-order valence-electron chi connectivity index (χ2n) is 4.92. The van der Waals surface area contributed by atoms with Crippen molar-refractivity contribution in [1.29, 1.82) is 0 Å². The molecular weight excluding hydrogens is 262 g/mol. The number of nitrogens with two attached hydrogens (primary N) is 1. The Morgan fingerprint density at radius 3 is 2.68 bits per heavy atom. The predicted octanol–water partition coefficient (Wildman–Crippen LogP) is 1.01. The van der Waals surface area contributed by atoms with Gasteiger partial charge in [-0.15, -0.1) is 0 Å². The molecule has 2 heterocycles. The fraction of sp³-hybridized carbons (Fsp3) is 0.462. The van der Waals surface area contributed by atoms with Crippen LogP contribution in [0, 0.1) is 0 Å². The van der Waals surface area contributed by atoms with Gasteiger partial charge >= 0.3 is 0 Å². The molecule has 1 amide bonds. The van der Waals surface area contributed by atoms with E-state index in [0.29, 0.717) is 24.5 Å². The summed E-state index contributed by atoms with van der Waals surface area (Å²) in [7, 11) is 0. The van der Waals surface area contributed by atoms with E-state index in [9.17, 15) is 4.79 Å². The van der Waals surface area contributed by atoms with Gasteiger partial charge in [-0.2, -0.15) is 0 Å². The van der Waals surface area contributed by atoms with Crippen LogP contribution in [-0.4, -0.2) is 34.6 Å². The number of hydrogen-bond donors (Lipinski definition) is 2. The third kappa shape index (κ3) is 3.48. The van der Waals surface area contributed by atoms with Gasteiger partial charge < -0.3 is 15.8 Å². The van der Waals surface area contributed by atoms with Crippen LogP contribution in [0.3, 0.4) is 0 Å². The molecule has 0 unspecified atom stereocenters. The Morgan fingerprint density at radius 2 is 2.16 bits per heavy atom. The fourth-order valence-electron chi connectivity index (χ4n) is 1.96. The molecule has 0 radical (unpaired) electrons. The highest BCUT2D eigenvalue weighted by Crippen LogP contribution is 2.20.